The van der Waals surface area contributed by atoms with Gasteiger partial charge in [-0.15, -0.1) is 10.2 Å². The molecule has 5 rings (SSSR count). The minimum Gasteiger partial charge on any atom is -0.494 e. The molecule has 9 nitrogen and oxygen atoms in total. The van der Waals surface area contributed by atoms with Gasteiger partial charge in [-0.1, -0.05) is 23.7 Å². The quantitative estimate of drug-likeness (QED) is 0.344. The van der Waals surface area contributed by atoms with E-state index in [4.69, 9.17) is 4.74 Å². The number of hydrogen-bond donors (Lipinski definition) is 1. The standard InChI is InChI=1S/C27H22F2N6O3S/c1-15-8-9-35(24(36)10-15)22-12-17(18-11-20(25(28)29)30-14-21(18)38-2)19(13-31-22)26(37)32-27-34-33-23(39-27)7-6-16-4-3-5-16/h8-14,16,25H,3-5H2,1-2H3,(H,32,34,37). The Labute approximate surface area is 225 Å². The highest BCUT2D eigenvalue weighted by Gasteiger charge is 2.22. The van der Waals surface area contributed by atoms with Gasteiger partial charge >= 0.3 is 0 Å². The molecule has 4 aromatic rings. The van der Waals surface area contributed by atoms with Gasteiger partial charge in [0.25, 0.3) is 17.9 Å². The number of nitrogens with one attached hydrogen (secondary N) is 1. The average molecular weight is 549 g/mol. The molecule has 0 spiro atoms. The van der Waals surface area contributed by atoms with Gasteiger partial charge < -0.3 is 4.74 Å². The van der Waals surface area contributed by atoms with Crippen molar-refractivity contribution in [3.63, 3.8) is 0 Å². The van der Waals surface area contributed by atoms with E-state index in [0.29, 0.717) is 10.9 Å². The number of amides is 1. The van der Waals surface area contributed by atoms with Crippen molar-refractivity contribution in [3.8, 4) is 34.5 Å². The maximum Gasteiger partial charge on any atom is 0.280 e. The van der Waals surface area contributed by atoms with Crippen LogP contribution in [0.25, 0.3) is 16.9 Å². The molecule has 0 aromatic carbocycles. The first-order valence-corrected chi connectivity index (χ1v) is 12.8. The first kappa shape index (κ1) is 26.1. The number of nitrogens with zero attached hydrogens (tertiary/aromatic N) is 5. The van der Waals surface area contributed by atoms with E-state index in [1.54, 1.807) is 19.2 Å². The highest BCUT2D eigenvalue weighted by Crippen LogP contribution is 2.35. The molecule has 1 amide bonds. The van der Waals surface area contributed by atoms with Crippen molar-refractivity contribution in [3.05, 3.63) is 75.0 Å². The fraction of sp³-hybridized carbons (Fsp3) is 0.259. The third-order valence-corrected chi connectivity index (χ3v) is 6.97. The van der Waals surface area contributed by atoms with Gasteiger partial charge in [-0.2, -0.15) is 0 Å². The molecule has 39 heavy (non-hydrogen) atoms. The number of aromatic nitrogens is 5. The molecule has 1 aliphatic carbocycles. The topological polar surface area (TPSA) is 112 Å². The van der Waals surface area contributed by atoms with Gasteiger partial charge in [0.1, 0.15) is 17.3 Å². The highest BCUT2D eigenvalue weighted by molar-refractivity contribution is 7.15. The van der Waals surface area contributed by atoms with Crippen molar-refractivity contribution in [1.29, 1.82) is 0 Å². The fourth-order valence-electron chi connectivity index (χ4n) is 3.90. The number of methoxy groups -OCH3 is 1. The average Bonchev–Trinajstić information content (AvgIpc) is 3.34. The van der Waals surface area contributed by atoms with E-state index in [2.05, 4.69) is 37.3 Å². The van der Waals surface area contributed by atoms with E-state index in [0.717, 1.165) is 42.0 Å². The Kier molecular flexibility index (Phi) is 7.42. The Bertz CT molecular complexity index is 1670. The monoisotopic (exact) mass is 548 g/mol. The number of carbonyl (C=O) groups is 1. The second-order valence-electron chi connectivity index (χ2n) is 8.87. The number of halogens is 2. The van der Waals surface area contributed by atoms with Crippen LogP contribution in [0.15, 0.2) is 47.7 Å². The molecule has 0 unspecified atom stereocenters. The summed E-state index contributed by atoms with van der Waals surface area (Å²) < 4.78 is 33.8. The van der Waals surface area contributed by atoms with E-state index < -0.39 is 18.0 Å². The Balaban J connectivity index is 1.56. The van der Waals surface area contributed by atoms with Crippen LogP contribution < -0.4 is 15.6 Å². The SMILES string of the molecule is COc1cnc(C(F)F)cc1-c1cc(-n2ccc(C)cc2=O)ncc1C(=O)Nc1nnc(C#CC2CCC2)s1. The van der Waals surface area contributed by atoms with Gasteiger partial charge in [0, 0.05) is 35.5 Å². The fourth-order valence-corrected chi connectivity index (χ4v) is 4.50. The molecule has 1 aliphatic rings. The zero-order valence-corrected chi connectivity index (χ0v) is 21.8. The minimum atomic E-state index is -2.85. The lowest BCUT2D eigenvalue weighted by Gasteiger charge is -2.18. The first-order valence-electron chi connectivity index (χ1n) is 12.0. The molecule has 0 aliphatic heterocycles. The van der Waals surface area contributed by atoms with Crippen LogP contribution >= 0.6 is 11.3 Å². The number of hydrogen-bond acceptors (Lipinski definition) is 8. The van der Waals surface area contributed by atoms with Crippen molar-refractivity contribution in [2.24, 2.45) is 5.92 Å². The molecule has 4 aromatic heterocycles. The van der Waals surface area contributed by atoms with Gasteiger partial charge in [-0.3, -0.25) is 24.5 Å². The van der Waals surface area contributed by atoms with Gasteiger partial charge in [-0.05, 0) is 49.4 Å². The van der Waals surface area contributed by atoms with Crippen molar-refractivity contribution in [2.75, 3.05) is 12.4 Å². The van der Waals surface area contributed by atoms with Crippen molar-refractivity contribution in [2.45, 2.75) is 32.6 Å². The summed E-state index contributed by atoms with van der Waals surface area (Å²) in [5.41, 5.74) is 0.355. The van der Waals surface area contributed by atoms with Crippen LogP contribution in [0.4, 0.5) is 13.9 Å². The molecular formula is C27H22F2N6O3S. The number of carbonyl (C=O) groups excluding carboxylic acids is 1. The number of ether oxygens (including phenoxy) is 1. The zero-order valence-electron chi connectivity index (χ0n) is 20.9. The number of pyridine rings is 3. The molecule has 0 saturated heterocycles. The Morgan fingerprint density at radius 2 is 2.00 bits per heavy atom. The summed E-state index contributed by atoms with van der Waals surface area (Å²) in [5, 5.41) is 11.4. The van der Waals surface area contributed by atoms with Crippen LogP contribution in [-0.4, -0.2) is 37.7 Å². The van der Waals surface area contributed by atoms with Crippen LogP contribution in [0.3, 0.4) is 0 Å². The Morgan fingerprint density at radius 1 is 1.18 bits per heavy atom. The zero-order chi connectivity index (χ0) is 27.5. The molecule has 12 heteroatoms. The van der Waals surface area contributed by atoms with Gasteiger partial charge in [0.05, 0.1) is 18.9 Å². The number of aryl methyl sites for hydroxylation is 1. The predicted octanol–water partition coefficient (Wildman–Crippen LogP) is 4.80. The first-order chi connectivity index (χ1) is 18.8. The highest BCUT2D eigenvalue weighted by atomic mass is 32.1. The minimum absolute atomic E-state index is 0.0425. The summed E-state index contributed by atoms with van der Waals surface area (Å²) in [4.78, 5) is 34.1. The largest absolute Gasteiger partial charge is 0.494 e. The van der Waals surface area contributed by atoms with Gasteiger partial charge in [0.2, 0.25) is 5.13 Å². The molecule has 1 N–H and O–H groups in total. The van der Waals surface area contributed by atoms with Crippen LogP contribution in [0.5, 0.6) is 5.75 Å². The van der Waals surface area contributed by atoms with Crippen molar-refractivity contribution < 1.29 is 18.3 Å². The lowest BCUT2D eigenvalue weighted by atomic mass is 9.86. The van der Waals surface area contributed by atoms with E-state index in [9.17, 15) is 18.4 Å². The Hall–Kier alpha value is -4.50. The lowest BCUT2D eigenvalue weighted by molar-refractivity contribution is 0.102. The van der Waals surface area contributed by atoms with Crippen molar-refractivity contribution >= 4 is 22.4 Å². The van der Waals surface area contributed by atoms with E-state index in [-0.39, 0.29) is 38.9 Å². The van der Waals surface area contributed by atoms with Crippen molar-refractivity contribution in [1.82, 2.24) is 24.7 Å². The summed E-state index contributed by atoms with van der Waals surface area (Å²) in [5.74, 6) is 6.25. The second kappa shape index (κ2) is 11.1. The maximum atomic E-state index is 13.6. The molecular weight excluding hydrogens is 526 g/mol. The second-order valence-corrected chi connectivity index (χ2v) is 9.85. The van der Waals surface area contributed by atoms with E-state index >= 15 is 0 Å². The smallest absolute Gasteiger partial charge is 0.280 e. The van der Waals surface area contributed by atoms with Crippen LogP contribution in [0.2, 0.25) is 0 Å². The predicted molar refractivity (Wildman–Crippen MR) is 141 cm³/mol. The molecule has 198 valence electrons. The molecule has 0 bridgehead atoms. The number of alkyl halides is 2. The molecule has 0 radical (unpaired) electrons. The summed E-state index contributed by atoms with van der Waals surface area (Å²) in [6.45, 7) is 1.78. The summed E-state index contributed by atoms with van der Waals surface area (Å²) in [7, 11) is 1.36. The van der Waals surface area contributed by atoms with E-state index in [1.807, 2.05) is 0 Å². The van der Waals surface area contributed by atoms with Crippen LogP contribution in [-0.2, 0) is 0 Å². The van der Waals surface area contributed by atoms with Crippen LogP contribution in [0, 0.1) is 24.7 Å². The summed E-state index contributed by atoms with van der Waals surface area (Å²) in [6.07, 6.45) is 4.44. The Morgan fingerprint density at radius 3 is 2.69 bits per heavy atom. The normalized spacial score (nSPS) is 12.9. The van der Waals surface area contributed by atoms with E-state index in [1.165, 1.54) is 36.4 Å². The summed E-state index contributed by atoms with van der Waals surface area (Å²) >= 11 is 1.12. The molecule has 4 heterocycles. The number of rotatable bonds is 6. The lowest BCUT2D eigenvalue weighted by Crippen LogP contribution is -2.19. The van der Waals surface area contributed by atoms with Gasteiger partial charge in [-0.25, -0.2) is 13.8 Å². The maximum absolute atomic E-state index is 13.6. The molecule has 1 saturated carbocycles. The van der Waals surface area contributed by atoms with Gasteiger partial charge in [0.15, 0.2) is 5.01 Å². The third-order valence-electron chi connectivity index (χ3n) is 6.21. The molecule has 1 fully saturated rings. The molecule has 0 atom stereocenters. The third kappa shape index (κ3) is 5.68. The summed E-state index contributed by atoms with van der Waals surface area (Å²) in [6, 6.07) is 5.78. The van der Waals surface area contributed by atoms with Crippen LogP contribution in [0.1, 0.15) is 52.3 Å². The number of anilines is 1.